The molecular formula is C14H14N4O2. The highest BCUT2D eigenvalue weighted by atomic mass is 16.4. The van der Waals surface area contributed by atoms with Gasteiger partial charge in [0.05, 0.1) is 12.1 Å². The van der Waals surface area contributed by atoms with Crippen LogP contribution in [0.3, 0.4) is 0 Å². The van der Waals surface area contributed by atoms with Crippen LogP contribution in [0.15, 0.2) is 36.7 Å². The minimum absolute atomic E-state index is 0.1000. The number of rotatable bonds is 4. The van der Waals surface area contributed by atoms with Crippen LogP contribution in [0.5, 0.6) is 0 Å². The number of nitrogens with zero attached hydrogens (tertiary/aromatic N) is 4. The maximum atomic E-state index is 11.2. The van der Waals surface area contributed by atoms with Crippen LogP contribution in [0.25, 0.3) is 10.9 Å². The van der Waals surface area contributed by atoms with E-state index >= 15 is 0 Å². The zero-order chi connectivity index (χ0) is 14.1. The minimum Gasteiger partial charge on any atom is -0.476 e. The Morgan fingerprint density at radius 2 is 2.10 bits per heavy atom. The molecule has 0 radical (unpaired) electrons. The van der Waals surface area contributed by atoms with E-state index in [4.69, 9.17) is 0 Å². The molecule has 0 saturated heterocycles. The van der Waals surface area contributed by atoms with Crippen LogP contribution in [0.1, 0.15) is 16.3 Å². The standard InChI is InChI=1S/C14H14N4O2/c1-10-15-6-7-17(10)8-9-18-12-5-3-2-4-11(12)13(16-18)14(19)20/h2-7H,8-9H2,1H3,(H,19,20). The van der Waals surface area contributed by atoms with Crippen LogP contribution in [-0.4, -0.2) is 30.4 Å². The number of para-hydroxylation sites is 1. The normalized spacial score (nSPS) is 11.1. The van der Waals surface area contributed by atoms with E-state index in [1.54, 1.807) is 16.9 Å². The summed E-state index contributed by atoms with van der Waals surface area (Å²) in [5.41, 5.74) is 0.936. The van der Waals surface area contributed by atoms with Gasteiger partial charge in [0.25, 0.3) is 0 Å². The molecule has 2 heterocycles. The minimum atomic E-state index is -1.00. The van der Waals surface area contributed by atoms with Gasteiger partial charge in [0, 0.05) is 24.3 Å². The zero-order valence-corrected chi connectivity index (χ0v) is 11.0. The van der Waals surface area contributed by atoms with E-state index in [2.05, 4.69) is 10.1 Å². The molecule has 0 aliphatic rings. The molecule has 2 aromatic heterocycles. The number of carboxylic acids is 1. The first-order valence-corrected chi connectivity index (χ1v) is 6.33. The molecule has 102 valence electrons. The van der Waals surface area contributed by atoms with Crippen LogP contribution >= 0.6 is 0 Å². The molecule has 20 heavy (non-hydrogen) atoms. The molecular weight excluding hydrogens is 256 g/mol. The first-order chi connectivity index (χ1) is 9.66. The maximum absolute atomic E-state index is 11.2. The molecule has 0 fully saturated rings. The van der Waals surface area contributed by atoms with Gasteiger partial charge in [0.1, 0.15) is 5.82 Å². The van der Waals surface area contributed by atoms with Gasteiger partial charge >= 0.3 is 5.97 Å². The second kappa shape index (κ2) is 4.80. The van der Waals surface area contributed by atoms with E-state index in [-0.39, 0.29) is 5.69 Å². The Morgan fingerprint density at radius 3 is 2.80 bits per heavy atom. The number of aryl methyl sites for hydroxylation is 3. The van der Waals surface area contributed by atoms with Crippen molar-refractivity contribution in [1.82, 2.24) is 19.3 Å². The van der Waals surface area contributed by atoms with Gasteiger partial charge in [-0.15, -0.1) is 0 Å². The number of hydrogen-bond donors (Lipinski definition) is 1. The summed E-state index contributed by atoms with van der Waals surface area (Å²) in [6.07, 6.45) is 3.65. The van der Waals surface area contributed by atoms with Gasteiger partial charge in [0.2, 0.25) is 0 Å². The van der Waals surface area contributed by atoms with E-state index < -0.39 is 5.97 Å². The number of fused-ring (bicyclic) bond motifs is 1. The van der Waals surface area contributed by atoms with Crippen molar-refractivity contribution in [2.75, 3.05) is 0 Å². The van der Waals surface area contributed by atoms with Crippen molar-refractivity contribution in [3.05, 3.63) is 48.2 Å². The SMILES string of the molecule is Cc1nccn1CCn1nc(C(=O)O)c2ccccc21. The fraction of sp³-hybridized carbons (Fsp3) is 0.214. The highest BCUT2D eigenvalue weighted by Gasteiger charge is 2.15. The summed E-state index contributed by atoms with van der Waals surface area (Å²) >= 11 is 0. The number of imidazole rings is 1. The van der Waals surface area contributed by atoms with Crippen molar-refractivity contribution in [3.63, 3.8) is 0 Å². The predicted octanol–water partition coefficient (Wildman–Crippen LogP) is 1.94. The summed E-state index contributed by atoms with van der Waals surface area (Å²) in [6, 6.07) is 7.37. The zero-order valence-electron chi connectivity index (χ0n) is 11.0. The van der Waals surface area contributed by atoms with Gasteiger partial charge in [-0.25, -0.2) is 9.78 Å². The lowest BCUT2D eigenvalue weighted by atomic mass is 10.2. The lowest BCUT2D eigenvalue weighted by Crippen LogP contribution is -2.10. The Balaban J connectivity index is 1.95. The van der Waals surface area contributed by atoms with Gasteiger partial charge < -0.3 is 9.67 Å². The molecule has 3 aromatic rings. The average molecular weight is 270 g/mol. The number of carbonyl (C=O) groups is 1. The van der Waals surface area contributed by atoms with Gasteiger partial charge in [-0.1, -0.05) is 18.2 Å². The van der Waals surface area contributed by atoms with Gasteiger partial charge in [-0.2, -0.15) is 5.10 Å². The van der Waals surface area contributed by atoms with Gasteiger partial charge in [0.15, 0.2) is 5.69 Å². The molecule has 0 aliphatic heterocycles. The number of aromatic carboxylic acids is 1. The molecule has 0 amide bonds. The Kier molecular flexibility index (Phi) is 2.98. The summed E-state index contributed by atoms with van der Waals surface area (Å²) in [4.78, 5) is 15.4. The lowest BCUT2D eigenvalue weighted by Gasteiger charge is -2.06. The third-order valence-electron chi connectivity index (χ3n) is 3.34. The van der Waals surface area contributed by atoms with E-state index in [9.17, 15) is 9.90 Å². The fourth-order valence-corrected chi connectivity index (χ4v) is 2.30. The largest absolute Gasteiger partial charge is 0.476 e. The molecule has 0 atom stereocenters. The van der Waals surface area contributed by atoms with Crippen LogP contribution < -0.4 is 0 Å². The van der Waals surface area contributed by atoms with Crippen molar-refractivity contribution in [2.24, 2.45) is 0 Å². The Bertz CT molecular complexity index is 772. The number of hydrogen-bond acceptors (Lipinski definition) is 3. The highest BCUT2D eigenvalue weighted by molar-refractivity contribution is 6.01. The van der Waals surface area contributed by atoms with Crippen molar-refractivity contribution >= 4 is 16.9 Å². The van der Waals surface area contributed by atoms with E-state index in [1.807, 2.05) is 35.9 Å². The quantitative estimate of drug-likeness (QED) is 0.786. The highest BCUT2D eigenvalue weighted by Crippen LogP contribution is 2.18. The summed E-state index contributed by atoms with van der Waals surface area (Å²) < 4.78 is 3.75. The lowest BCUT2D eigenvalue weighted by molar-refractivity contribution is 0.0691. The van der Waals surface area contributed by atoms with Crippen molar-refractivity contribution in [3.8, 4) is 0 Å². The molecule has 3 rings (SSSR count). The fourth-order valence-electron chi connectivity index (χ4n) is 2.30. The number of carboxylic acid groups (broad SMARTS) is 1. The second-order valence-corrected chi connectivity index (χ2v) is 4.56. The Morgan fingerprint density at radius 1 is 1.30 bits per heavy atom. The van der Waals surface area contributed by atoms with Crippen LogP contribution in [0, 0.1) is 6.92 Å². The van der Waals surface area contributed by atoms with Crippen LogP contribution in [0.2, 0.25) is 0 Å². The topological polar surface area (TPSA) is 72.9 Å². The Hall–Kier alpha value is -2.63. The average Bonchev–Trinajstić information content (AvgIpc) is 3.00. The first kappa shape index (κ1) is 12.4. The molecule has 0 saturated carbocycles. The summed E-state index contributed by atoms with van der Waals surface area (Å²) in [5, 5.41) is 14.1. The van der Waals surface area contributed by atoms with Gasteiger partial charge in [-0.05, 0) is 13.0 Å². The first-order valence-electron chi connectivity index (χ1n) is 6.33. The predicted molar refractivity (Wildman–Crippen MR) is 73.7 cm³/mol. The van der Waals surface area contributed by atoms with Crippen LogP contribution in [-0.2, 0) is 13.1 Å². The van der Waals surface area contributed by atoms with E-state index in [1.165, 1.54) is 0 Å². The Labute approximate surface area is 115 Å². The molecule has 0 spiro atoms. The third kappa shape index (κ3) is 2.05. The summed E-state index contributed by atoms with van der Waals surface area (Å²) in [7, 11) is 0. The van der Waals surface area contributed by atoms with E-state index in [0.29, 0.717) is 18.5 Å². The van der Waals surface area contributed by atoms with Crippen molar-refractivity contribution in [2.45, 2.75) is 20.0 Å². The monoisotopic (exact) mass is 270 g/mol. The van der Waals surface area contributed by atoms with Crippen molar-refractivity contribution in [1.29, 1.82) is 0 Å². The van der Waals surface area contributed by atoms with Crippen LogP contribution in [0.4, 0.5) is 0 Å². The maximum Gasteiger partial charge on any atom is 0.357 e. The second-order valence-electron chi connectivity index (χ2n) is 4.56. The molecule has 6 heteroatoms. The molecule has 0 aliphatic carbocycles. The number of aromatic nitrogens is 4. The molecule has 6 nitrogen and oxygen atoms in total. The molecule has 0 bridgehead atoms. The summed E-state index contributed by atoms with van der Waals surface area (Å²) in [5.74, 6) is -0.0707. The van der Waals surface area contributed by atoms with E-state index in [0.717, 1.165) is 11.3 Å². The van der Waals surface area contributed by atoms with Crippen molar-refractivity contribution < 1.29 is 9.90 Å². The molecule has 1 aromatic carbocycles. The smallest absolute Gasteiger partial charge is 0.357 e. The number of benzene rings is 1. The molecule has 0 unspecified atom stereocenters. The molecule has 1 N–H and O–H groups in total. The summed E-state index contributed by atoms with van der Waals surface area (Å²) in [6.45, 7) is 3.24. The third-order valence-corrected chi connectivity index (χ3v) is 3.34. The van der Waals surface area contributed by atoms with Gasteiger partial charge in [-0.3, -0.25) is 4.68 Å².